The van der Waals surface area contributed by atoms with Crippen LogP contribution in [0.3, 0.4) is 0 Å². The number of hydrogen-bond donors (Lipinski definition) is 2. The van der Waals surface area contributed by atoms with Crippen LogP contribution in [0.2, 0.25) is 0 Å². The van der Waals surface area contributed by atoms with Gasteiger partial charge in [0.05, 0.1) is 5.41 Å². The number of carbonyl (C=O) groups excluding carboxylic acids is 2. The second-order valence-electron chi connectivity index (χ2n) is 6.95. The number of nitrogens with one attached hydrogen (secondary N) is 2. The van der Waals surface area contributed by atoms with E-state index in [1.165, 1.54) is 0 Å². The van der Waals surface area contributed by atoms with Crippen LogP contribution >= 0.6 is 15.9 Å². The molecule has 1 saturated carbocycles. The molecular formula is C17H23BrN2O3. The summed E-state index contributed by atoms with van der Waals surface area (Å²) in [6, 6.07) is 7.44. The maximum absolute atomic E-state index is 12.6. The summed E-state index contributed by atoms with van der Waals surface area (Å²) in [6.45, 7) is 5.73. The number of rotatable bonds is 4. The molecule has 0 radical (unpaired) electrons. The fourth-order valence-corrected chi connectivity index (χ4v) is 2.70. The number of alkyl carbamates (subject to hydrolysis) is 1. The quantitative estimate of drug-likeness (QED) is 0.823. The van der Waals surface area contributed by atoms with Crippen LogP contribution in [-0.2, 0) is 9.53 Å². The SMILES string of the molecule is CC(C)(C)OC(=O)NCC1(C(=O)Nc2ccc(Br)cc2)CCC1. The molecule has 5 nitrogen and oxygen atoms in total. The van der Waals surface area contributed by atoms with Gasteiger partial charge < -0.3 is 15.4 Å². The number of ether oxygens (including phenoxy) is 1. The molecular weight excluding hydrogens is 360 g/mol. The van der Waals surface area contributed by atoms with Crippen LogP contribution in [0.25, 0.3) is 0 Å². The van der Waals surface area contributed by atoms with Gasteiger partial charge in [0, 0.05) is 16.7 Å². The highest BCUT2D eigenvalue weighted by atomic mass is 79.9. The van der Waals surface area contributed by atoms with Crippen molar-refractivity contribution < 1.29 is 14.3 Å². The fraction of sp³-hybridized carbons (Fsp3) is 0.529. The predicted octanol–water partition coefficient (Wildman–Crippen LogP) is 4.08. The zero-order chi connectivity index (χ0) is 17.1. The molecule has 0 heterocycles. The number of benzene rings is 1. The van der Waals surface area contributed by atoms with Crippen LogP contribution in [0.4, 0.5) is 10.5 Å². The van der Waals surface area contributed by atoms with Gasteiger partial charge in [-0.1, -0.05) is 22.4 Å². The van der Waals surface area contributed by atoms with Gasteiger partial charge in [0.25, 0.3) is 0 Å². The first kappa shape index (κ1) is 17.8. The first-order chi connectivity index (χ1) is 10.7. The maximum atomic E-state index is 12.6. The molecule has 2 rings (SSSR count). The van der Waals surface area contributed by atoms with Gasteiger partial charge in [-0.25, -0.2) is 4.79 Å². The van der Waals surface area contributed by atoms with E-state index in [-0.39, 0.29) is 5.91 Å². The van der Waals surface area contributed by atoms with Gasteiger partial charge in [-0.3, -0.25) is 4.79 Å². The molecule has 126 valence electrons. The Morgan fingerprint density at radius 3 is 2.30 bits per heavy atom. The normalized spacial score (nSPS) is 16.2. The van der Waals surface area contributed by atoms with Crippen molar-refractivity contribution in [1.82, 2.24) is 5.32 Å². The maximum Gasteiger partial charge on any atom is 0.407 e. The third-order valence-electron chi connectivity index (χ3n) is 3.86. The molecule has 0 spiro atoms. The third-order valence-corrected chi connectivity index (χ3v) is 4.39. The summed E-state index contributed by atoms with van der Waals surface area (Å²) in [7, 11) is 0. The molecule has 0 aromatic heterocycles. The first-order valence-electron chi connectivity index (χ1n) is 7.74. The van der Waals surface area contributed by atoms with E-state index in [1.807, 2.05) is 45.0 Å². The van der Waals surface area contributed by atoms with Gasteiger partial charge in [0.15, 0.2) is 0 Å². The molecule has 1 aliphatic rings. The lowest BCUT2D eigenvalue weighted by atomic mass is 9.68. The van der Waals surface area contributed by atoms with Crippen molar-refractivity contribution in [2.75, 3.05) is 11.9 Å². The van der Waals surface area contributed by atoms with Crippen molar-refractivity contribution in [2.24, 2.45) is 5.41 Å². The van der Waals surface area contributed by atoms with E-state index < -0.39 is 17.1 Å². The first-order valence-corrected chi connectivity index (χ1v) is 8.53. The Kier molecular flexibility index (Phi) is 5.34. The Morgan fingerprint density at radius 1 is 1.22 bits per heavy atom. The van der Waals surface area contributed by atoms with Crippen molar-refractivity contribution in [3.8, 4) is 0 Å². The van der Waals surface area contributed by atoms with E-state index in [2.05, 4.69) is 26.6 Å². The average Bonchev–Trinajstić information content (AvgIpc) is 2.38. The predicted molar refractivity (Wildman–Crippen MR) is 93.3 cm³/mol. The summed E-state index contributed by atoms with van der Waals surface area (Å²) in [5.41, 5.74) is -0.331. The summed E-state index contributed by atoms with van der Waals surface area (Å²) in [6.07, 6.45) is 2.04. The highest BCUT2D eigenvalue weighted by molar-refractivity contribution is 9.10. The lowest BCUT2D eigenvalue weighted by Crippen LogP contribution is -2.50. The Labute approximate surface area is 145 Å². The fourth-order valence-electron chi connectivity index (χ4n) is 2.44. The molecule has 0 unspecified atom stereocenters. The summed E-state index contributed by atoms with van der Waals surface area (Å²) < 4.78 is 6.18. The van der Waals surface area contributed by atoms with Crippen LogP contribution in [0.15, 0.2) is 28.7 Å². The second-order valence-corrected chi connectivity index (χ2v) is 7.87. The molecule has 0 saturated heterocycles. The minimum atomic E-state index is -0.545. The lowest BCUT2D eigenvalue weighted by molar-refractivity contribution is -0.129. The number of hydrogen-bond acceptors (Lipinski definition) is 3. The summed E-state index contributed by atoms with van der Waals surface area (Å²) in [5.74, 6) is -0.0536. The number of carbonyl (C=O) groups is 2. The van der Waals surface area contributed by atoms with Gasteiger partial charge in [-0.2, -0.15) is 0 Å². The lowest BCUT2D eigenvalue weighted by Gasteiger charge is -2.40. The van der Waals surface area contributed by atoms with Crippen LogP contribution in [0.1, 0.15) is 40.0 Å². The summed E-state index contributed by atoms with van der Waals surface area (Å²) in [5, 5.41) is 5.66. The Bertz CT molecular complexity index is 574. The topological polar surface area (TPSA) is 67.4 Å². The van der Waals surface area contributed by atoms with Crippen molar-refractivity contribution in [3.05, 3.63) is 28.7 Å². The zero-order valence-electron chi connectivity index (χ0n) is 13.7. The van der Waals surface area contributed by atoms with Crippen molar-refractivity contribution in [1.29, 1.82) is 0 Å². The largest absolute Gasteiger partial charge is 0.444 e. The van der Waals surface area contributed by atoms with E-state index in [0.29, 0.717) is 6.54 Å². The highest BCUT2D eigenvalue weighted by Gasteiger charge is 2.44. The van der Waals surface area contributed by atoms with Crippen LogP contribution in [-0.4, -0.2) is 24.1 Å². The van der Waals surface area contributed by atoms with E-state index in [0.717, 1.165) is 29.4 Å². The summed E-state index contributed by atoms with van der Waals surface area (Å²) in [4.78, 5) is 24.4. The Hall–Kier alpha value is -1.56. The van der Waals surface area contributed by atoms with Crippen molar-refractivity contribution in [3.63, 3.8) is 0 Å². The zero-order valence-corrected chi connectivity index (χ0v) is 15.3. The van der Waals surface area contributed by atoms with E-state index >= 15 is 0 Å². The molecule has 23 heavy (non-hydrogen) atoms. The smallest absolute Gasteiger partial charge is 0.407 e. The van der Waals surface area contributed by atoms with Crippen molar-refractivity contribution in [2.45, 2.75) is 45.6 Å². The van der Waals surface area contributed by atoms with Gasteiger partial charge in [-0.05, 0) is 57.9 Å². The Balaban J connectivity index is 1.93. The van der Waals surface area contributed by atoms with Crippen LogP contribution in [0, 0.1) is 5.41 Å². The molecule has 0 aliphatic heterocycles. The van der Waals surface area contributed by atoms with Crippen LogP contribution < -0.4 is 10.6 Å². The highest BCUT2D eigenvalue weighted by Crippen LogP contribution is 2.41. The third kappa shape index (κ3) is 4.96. The molecule has 1 aliphatic carbocycles. The minimum Gasteiger partial charge on any atom is -0.444 e. The molecule has 0 bridgehead atoms. The molecule has 1 aromatic rings. The molecule has 2 N–H and O–H groups in total. The average molecular weight is 383 g/mol. The molecule has 1 fully saturated rings. The van der Waals surface area contributed by atoms with Gasteiger partial charge >= 0.3 is 6.09 Å². The van der Waals surface area contributed by atoms with Crippen molar-refractivity contribution >= 4 is 33.6 Å². The standard InChI is InChI=1S/C17H23BrN2O3/c1-16(2,3)23-15(22)19-11-17(9-4-10-17)14(21)20-13-7-5-12(18)6-8-13/h5-8H,4,9-11H2,1-3H3,(H,19,22)(H,20,21). The number of amides is 2. The molecule has 0 atom stereocenters. The number of halogens is 1. The molecule has 2 amide bonds. The molecule has 6 heteroatoms. The van der Waals surface area contributed by atoms with Gasteiger partial charge in [0.2, 0.25) is 5.91 Å². The van der Waals surface area contributed by atoms with E-state index in [4.69, 9.17) is 4.74 Å². The Morgan fingerprint density at radius 2 is 1.83 bits per heavy atom. The monoisotopic (exact) mass is 382 g/mol. The molecule has 1 aromatic carbocycles. The number of anilines is 1. The van der Waals surface area contributed by atoms with Gasteiger partial charge in [-0.15, -0.1) is 0 Å². The van der Waals surface area contributed by atoms with Gasteiger partial charge in [0.1, 0.15) is 5.60 Å². The van der Waals surface area contributed by atoms with E-state index in [1.54, 1.807) is 0 Å². The van der Waals surface area contributed by atoms with E-state index in [9.17, 15) is 9.59 Å². The minimum absolute atomic E-state index is 0.0536. The van der Waals surface area contributed by atoms with Crippen LogP contribution in [0.5, 0.6) is 0 Å². The second kappa shape index (κ2) is 6.91. The summed E-state index contributed by atoms with van der Waals surface area (Å²) >= 11 is 3.37.